The van der Waals surface area contributed by atoms with Crippen LogP contribution in [0.2, 0.25) is 0 Å². The normalized spacial score (nSPS) is 18.1. The number of nitrogens with zero attached hydrogens (tertiary/aromatic N) is 2. The SMILES string of the molecule is CC(C)Oc1cnc(CNC(CO)CC2(C)CC2)nc1. The summed E-state index contributed by atoms with van der Waals surface area (Å²) in [6, 6.07) is 0.123. The van der Waals surface area contributed by atoms with Gasteiger partial charge in [-0.25, -0.2) is 9.97 Å². The zero-order valence-electron chi connectivity index (χ0n) is 12.6. The number of aromatic nitrogens is 2. The van der Waals surface area contributed by atoms with Crippen LogP contribution in [0.25, 0.3) is 0 Å². The number of aliphatic hydroxyl groups excluding tert-OH is 1. The molecule has 1 fully saturated rings. The van der Waals surface area contributed by atoms with E-state index in [4.69, 9.17) is 4.74 Å². The molecule has 0 bridgehead atoms. The third-order valence-electron chi connectivity index (χ3n) is 3.67. The van der Waals surface area contributed by atoms with Crippen molar-refractivity contribution in [3.8, 4) is 5.75 Å². The summed E-state index contributed by atoms with van der Waals surface area (Å²) >= 11 is 0. The van der Waals surface area contributed by atoms with Gasteiger partial charge < -0.3 is 15.2 Å². The fraction of sp³-hybridized carbons (Fsp3) is 0.733. The van der Waals surface area contributed by atoms with E-state index in [1.165, 1.54) is 12.8 Å². The monoisotopic (exact) mass is 279 g/mol. The van der Waals surface area contributed by atoms with E-state index in [2.05, 4.69) is 22.2 Å². The second-order valence-electron chi connectivity index (χ2n) is 6.28. The van der Waals surface area contributed by atoms with E-state index >= 15 is 0 Å². The topological polar surface area (TPSA) is 67.3 Å². The molecule has 1 aromatic rings. The van der Waals surface area contributed by atoms with Gasteiger partial charge in [0.05, 0.1) is 31.6 Å². The summed E-state index contributed by atoms with van der Waals surface area (Å²) in [6.45, 7) is 6.94. The Morgan fingerprint density at radius 2 is 2.00 bits per heavy atom. The summed E-state index contributed by atoms with van der Waals surface area (Å²) in [5.41, 5.74) is 0.427. The highest BCUT2D eigenvalue weighted by atomic mass is 16.5. The van der Waals surface area contributed by atoms with Crippen molar-refractivity contribution < 1.29 is 9.84 Å². The minimum atomic E-state index is 0.123. The van der Waals surface area contributed by atoms with Crippen molar-refractivity contribution in [1.29, 1.82) is 0 Å². The highest BCUT2D eigenvalue weighted by molar-refractivity contribution is 5.12. The van der Waals surface area contributed by atoms with Gasteiger partial charge in [0.15, 0.2) is 5.75 Å². The summed E-state index contributed by atoms with van der Waals surface area (Å²) in [4.78, 5) is 8.54. The molecule has 2 rings (SSSR count). The molecule has 1 aromatic heterocycles. The van der Waals surface area contributed by atoms with Crippen LogP contribution in [0.4, 0.5) is 0 Å². The zero-order chi connectivity index (χ0) is 14.6. The first-order valence-corrected chi connectivity index (χ1v) is 7.32. The minimum Gasteiger partial charge on any atom is -0.488 e. The highest BCUT2D eigenvalue weighted by Gasteiger charge is 2.38. The molecule has 1 unspecified atom stereocenters. The van der Waals surface area contributed by atoms with Gasteiger partial charge in [0.25, 0.3) is 0 Å². The van der Waals surface area contributed by atoms with Crippen LogP contribution in [0, 0.1) is 5.41 Å². The van der Waals surface area contributed by atoms with Crippen LogP contribution in [0.15, 0.2) is 12.4 Å². The standard InChI is InChI=1S/C15H25N3O2/c1-11(2)20-13-7-17-14(18-8-13)9-16-12(10-19)6-15(3)4-5-15/h7-8,11-12,16,19H,4-6,9-10H2,1-3H3. The maximum absolute atomic E-state index is 9.42. The van der Waals surface area contributed by atoms with E-state index < -0.39 is 0 Å². The lowest BCUT2D eigenvalue weighted by atomic mass is 10.00. The lowest BCUT2D eigenvalue weighted by Crippen LogP contribution is -2.34. The Kier molecular flexibility index (Phi) is 4.94. The third-order valence-corrected chi connectivity index (χ3v) is 3.67. The highest BCUT2D eigenvalue weighted by Crippen LogP contribution is 2.48. The predicted octanol–water partition coefficient (Wildman–Crippen LogP) is 1.90. The summed E-state index contributed by atoms with van der Waals surface area (Å²) in [7, 11) is 0. The summed E-state index contributed by atoms with van der Waals surface area (Å²) in [5.74, 6) is 1.41. The molecule has 1 heterocycles. The van der Waals surface area contributed by atoms with Crippen LogP contribution in [0.5, 0.6) is 5.75 Å². The molecule has 1 saturated carbocycles. The molecule has 112 valence electrons. The quantitative estimate of drug-likeness (QED) is 0.761. The van der Waals surface area contributed by atoms with Gasteiger partial charge in [-0.2, -0.15) is 0 Å². The maximum atomic E-state index is 9.42. The van der Waals surface area contributed by atoms with Gasteiger partial charge >= 0.3 is 0 Å². The summed E-state index contributed by atoms with van der Waals surface area (Å²) in [5, 5.41) is 12.7. The van der Waals surface area contributed by atoms with Crippen LogP contribution in [-0.4, -0.2) is 33.8 Å². The number of hydrogen-bond acceptors (Lipinski definition) is 5. The Morgan fingerprint density at radius 1 is 1.35 bits per heavy atom. The van der Waals surface area contributed by atoms with Gasteiger partial charge in [-0.1, -0.05) is 6.92 Å². The molecule has 5 heteroatoms. The van der Waals surface area contributed by atoms with E-state index in [0.717, 1.165) is 12.2 Å². The summed E-state index contributed by atoms with van der Waals surface area (Å²) < 4.78 is 5.50. The van der Waals surface area contributed by atoms with Crippen molar-refractivity contribution in [2.24, 2.45) is 5.41 Å². The third kappa shape index (κ3) is 4.72. The number of aliphatic hydroxyl groups is 1. The van der Waals surface area contributed by atoms with Gasteiger partial charge in [0, 0.05) is 6.04 Å². The van der Waals surface area contributed by atoms with Gasteiger partial charge in [-0.15, -0.1) is 0 Å². The minimum absolute atomic E-state index is 0.123. The Hall–Kier alpha value is -1.20. The van der Waals surface area contributed by atoms with E-state index in [0.29, 0.717) is 17.7 Å². The molecule has 0 amide bonds. The Labute approximate surface area is 120 Å². The molecule has 1 atom stereocenters. The fourth-order valence-corrected chi connectivity index (χ4v) is 2.22. The van der Waals surface area contributed by atoms with Gasteiger partial charge in [-0.3, -0.25) is 0 Å². The predicted molar refractivity (Wildman–Crippen MR) is 77.5 cm³/mol. The average molecular weight is 279 g/mol. The Morgan fingerprint density at radius 3 is 2.50 bits per heavy atom. The number of ether oxygens (including phenoxy) is 1. The van der Waals surface area contributed by atoms with E-state index in [-0.39, 0.29) is 18.8 Å². The molecule has 5 nitrogen and oxygen atoms in total. The van der Waals surface area contributed by atoms with Gasteiger partial charge in [0.1, 0.15) is 5.82 Å². The van der Waals surface area contributed by atoms with E-state index in [9.17, 15) is 5.11 Å². The maximum Gasteiger partial charge on any atom is 0.156 e. The van der Waals surface area contributed by atoms with Gasteiger partial charge in [-0.05, 0) is 38.5 Å². The first-order chi connectivity index (χ1) is 9.50. The molecular formula is C15H25N3O2. The van der Waals surface area contributed by atoms with Crippen LogP contribution in [0.1, 0.15) is 45.9 Å². The van der Waals surface area contributed by atoms with Crippen molar-refractivity contribution in [2.75, 3.05) is 6.61 Å². The van der Waals surface area contributed by atoms with Crippen molar-refractivity contribution >= 4 is 0 Å². The van der Waals surface area contributed by atoms with Crippen LogP contribution < -0.4 is 10.1 Å². The molecular weight excluding hydrogens is 254 g/mol. The molecule has 0 saturated heterocycles. The second-order valence-corrected chi connectivity index (χ2v) is 6.28. The lowest BCUT2D eigenvalue weighted by Gasteiger charge is -2.19. The Bertz CT molecular complexity index is 416. The molecule has 0 radical (unpaired) electrons. The number of nitrogens with one attached hydrogen (secondary N) is 1. The van der Waals surface area contributed by atoms with Crippen LogP contribution >= 0.6 is 0 Å². The van der Waals surface area contributed by atoms with Crippen molar-refractivity contribution in [3.63, 3.8) is 0 Å². The largest absolute Gasteiger partial charge is 0.488 e. The molecule has 0 aliphatic heterocycles. The molecule has 1 aliphatic carbocycles. The van der Waals surface area contributed by atoms with Crippen LogP contribution in [-0.2, 0) is 6.54 Å². The van der Waals surface area contributed by atoms with Crippen LogP contribution in [0.3, 0.4) is 0 Å². The molecule has 0 aromatic carbocycles. The zero-order valence-corrected chi connectivity index (χ0v) is 12.6. The molecule has 2 N–H and O–H groups in total. The first kappa shape index (κ1) is 15.2. The van der Waals surface area contributed by atoms with E-state index in [1.807, 2.05) is 13.8 Å². The van der Waals surface area contributed by atoms with Crippen molar-refractivity contribution in [2.45, 2.75) is 58.7 Å². The summed E-state index contributed by atoms with van der Waals surface area (Å²) in [6.07, 6.45) is 7.06. The fourth-order valence-electron chi connectivity index (χ4n) is 2.22. The number of hydrogen-bond donors (Lipinski definition) is 2. The number of rotatable bonds is 8. The molecule has 20 heavy (non-hydrogen) atoms. The smallest absolute Gasteiger partial charge is 0.156 e. The molecule has 0 spiro atoms. The molecule has 1 aliphatic rings. The average Bonchev–Trinajstić information content (AvgIpc) is 3.13. The van der Waals surface area contributed by atoms with Crippen molar-refractivity contribution in [3.05, 3.63) is 18.2 Å². The van der Waals surface area contributed by atoms with E-state index in [1.54, 1.807) is 12.4 Å². The van der Waals surface area contributed by atoms with Crippen molar-refractivity contribution in [1.82, 2.24) is 15.3 Å². The second kappa shape index (κ2) is 6.50. The first-order valence-electron chi connectivity index (χ1n) is 7.32. The van der Waals surface area contributed by atoms with Gasteiger partial charge in [0.2, 0.25) is 0 Å². The lowest BCUT2D eigenvalue weighted by molar-refractivity contribution is 0.215. The Balaban J connectivity index is 1.80.